The smallest absolute Gasteiger partial charge is 0.159 e. The van der Waals surface area contributed by atoms with Crippen LogP contribution in [0.15, 0.2) is 36.4 Å². The van der Waals surface area contributed by atoms with Crippen LogP contribution < -0.4 is 0 Å². The first kappa shape index (κ1) is 18.3. The highest BCUT2D eigenvalue weighted by Gasteiger charge is 2.25. The molecular formula is C19H25FO2. The number of carbonyl (C=O) groups excluding carboxylic acids is 2. The number of Topliss-reactive ketones (excluding diaryl/α,β-unsaturated/α-hetero) is 2. The van der Waals surface area contributed by atoms with Crippen molar-refractivity contribution >= 4 is 11.6 Å². The minimum absolute atomic E-state index is 0.0417. The molecular weight excluding hydrogens is 279 g/mol. The fraction of sp³-hybridized carbons (Fsp3) is 0.474. The molecule has 1 aromatic carbocycles. The lowest BCUT2D eigenvalue weighted by Gasteiger charge is -2.27. The molecule has 0 bridgehead atoms. The van der Waals surface area contributed by atoms with E-state index < -0.39 is 0 Å². The van der Waals surface area contributed by atoms with Crippen LogP contribution >= 0.6 is 0 Å². The molecule has 2 atom stereocenters. The Hall–Kier alpha value is -1.77. The van der Waals surface area contributed by atoms with Crippen LogP contribution in [0.25, 0.3) is 0 Å². The van der Waals surface area contributed by atoms with Gasteiger partial charge in [0.25, 0.3) is 0 Å². The van der Waals surface area contributed by atoms with E-state index in [0.717, 1.165) is 18.8 Å². The Morgan fingerprint density at radius 1 is 1.23 bits per heavy atom. The van der Waals surface area contributed by atoms with Gasteiger partial charge in [-0.1, -0.05) is 26.0 Å². The molecule has 1 saturated carbocycles. The van der Waals surface area contributed by atoms with E-state index in [1.165, 1.54) is 43.2 Å². The van der Waals surface area contributed by atoms with E-state index in [2.05, 4.69) is 13.5 Å². The summed E-state index contributed by atoms with van der Waals surface area (Å²) in [6.45, 7) is 9.62. The summed E-state index contributed by atoms with van der Waals surface area (Å²) in [6.07, 6.45) is 3.94. The van der Waals surface area contributed by atoms with Crippen LogP contribution in [-0.2, 0) is 4.79 Å². The standard InChI is InChI=1S/C11H18O.C8H7FO/c1-4-11(12)10-6-5-8(2)7-9(10)3;1-6(10)7-2-4-8(9)5-3-7/h8,10H,3-7H2,1-2H3;2-5H,1H3/t8-,10+;/m0./s1. The Kier molecular flexibility index (Phi) is 7.16. The highest BCUT2D eigenvalue weighted by molar-refractivity contribution is 5.93. The molecule has 120 valence electrons. The predicted molar refractivity (Wildman–Crippen MR) is 87.3 cm³/mol. The van der Waals surface area contributed by atoms with Crippen molar-refractivity contribution < 1.29 is 14.0 Å². The van der Waals surface area contributed by atoms with Gasteiger partial charge >= 0.3 is 0 Å². The second-order valence-electron chi connectivity index (χ2n) is 5.98. The van der Waals surface area contributed by atoms with E-state index in [1.54, 1.807) is 0 Å². The van der Waals surface area contributed by atoms with Crippen molar-refractivity contribution in [3.63, 3.8) is 0 Å². The molecule has 0 aliphatic heterocycles. The summed E-state index contributed by atoms with van der Waals surface area (Å²) in [5.74, 6) is 0.946. The molecule has 0 aromatic heterocycles. The van der Waals surface area contributed by atoms with Gasteiger partial charge in [0.1, 0.15) is 11.6 Å². The number of benzene rings is 1. The average Bonchev–Trinajstić information content (AvgIpc) is 2.47. The minimum Gasteiger partial charge on any atom is -0.299 e. The minimum atomic E-state index is -0.315. The molecule has 0 amide bonds. The predicted octanol–water partition coefficient (Wildman–Crippen LogP) is 4.99. The quantitative estimate of drug-likeness (QED) is 0.582. The second-order valence-corrected chi connectivity index (χ2v) is 5.98. The number of allylic oxidation sites excluding steroid dienone is 1. The third kappa shape index (κ3) is 5.55. The van der Waals surface area contributed by atoms with Crippen molar-refractivity contribution in [1.29, 1.82) is 0 Å². The third-order valence-electron chi connectivity index (χ3n) is 4.04. The van der Waals surface area contributed by atoms with Crippen molar-refractivity contribution in [1.82, 2.24) is 0 Å². The van der Waals surface area contributed by atoms with Crippen molar-refractivity contribution in [2.75, 3.05) is 0 Å². The van der Waals surface area contributed by atoms with E-state index in [-0.39, 0.29) is 17.5 Å². The zero-order valence-electron chi connectivity index (χ0n) is 13.7. The maximum absolute atomic E-state index is 12.2. The fourth-order valence-electron chi connectivity index (χ4n) is 2.67. The number of hydrogen-bond donors (Lipinski definition) is 0. The van der Waals surface area contributed by atoms with Crippen LogP contribution in [-0.4, -0.2) is 11.6 Å². The summed E-state index contributed by atoms with van der Waals surface area (Å²) in [6, 6.07) is 5.49. The van der Waals surface area contributed by atoms with E-state index in [4.69, 9.17) is 0 Å². The highest BCUT2D eigenvalue weighted by atomic mass is 19.1. The van der Waals surface area contributed by atoms with Crippen molar-refractivity contribution in [2.24, 2.45) is 11.8 Å². The van der Waals surface area contributed by atoms with E-state index >= 15 is 0 Å². The number of carbonyl (C=O) groups is 2. The molecule has 0 spiro atoms. The van der Waals surface area contributed by atoms with Gasteiger partial charge in [0.2, 0.25) is 0 Å². The molecule has 0 unspecified atom stereocenters. The first-order valence-corrected chi connectivity index (χ1v) is 7.82. The normalized spacial score (nSPS) is 20.8. The van der Waals surface area contributed by atoms with Crippen molar-refractivity contribution in [3.05, 3.63) is 47.8 Å². The van der Waals surface area contributed by atoms with Gasteiger partial charge < -0.3 is 0 Å². The average molecular weight is 304 g/mol. The fourth-order valence-corrected chi connectivity index (χ4v) is 2.67. The molecule has 0 N–H and O–H groups in total. The van der Waals surface area contributed by atoms with Gasteiger partial charge in [-0.2, -0.15) is 0 Å². The lowest BCUT2D eigenvalue weighted by atomic mass is 9.77. The molecule has 1 fully saturated rings. The first-order chi connectivity index (χ1) is 10.3. The van der Waals surface area contributed by atoms with Gasteiger partial charge in [0.15, 0.2) is 5.78 Å². The number of ketones is 2. The van der Waals surface area contributed by atoms with E-state index in [1.807, 2.05) is 6.92 Å². The SMILES string of the molecule is C=C1C[C@@H](C)CC[C@H]1C(=O)CC.CC(=O)c1ccc(F)cc1. The molecule has 1 aliphatic rings. The molecule has 0 heterocycles. The maximum atomic E-state index is 12.2. The summed E-state index contributed by atoms with van der Waals surface area (Å²) in [5, 5.41) is 0. The van der Waals surface area contributed by atoms with Crippen LogP contribution in [0.4, 0.5) is 4.39 Å². The van der Waals surface area contributed by atoms with Gasteiger partial charge in [-0.3, -0.25) is 9.59 Å². The van der Waals surface area contributed by atoms with Crippen LogP contribution in [0.1, 0.15) is 56.8 Å². The molecule has 2 nitrogen and oxygen atoms in total. The topological polar surface area (TPSA) is 34.1 Å². The Labute approximate surface area is 132 Å². The molecule has 2 rings (SSSR count). The lowest BCUT2D eigenvalue weighted by molar-refractivity contribution is -0.122. The molecule has 0 radical (unpaired) electrons. The van der Waals surface area contributed by atoms with Crippen molar-refractivity contribution in [3.8, 4) is 0 Å². The number of rotatable bonds is 3. The molecule has 22 heavy (non-hydrogen) atoms. The van der Waals surface area contributed by atoms with Gasteiger partial charge in [-0.05, 0) is 56.4 Å². The first-order valence-electron chi connectivity index (χ1n) is 7.82. The van der Waals surface area contributed by atoms with Crippen LogP contribution in [0.5, 0.6) is 0 Å². The van der Waals surface area contributed by atoms with Crippen LogP contribution in [0.2, 0.25) is 0 Å². The summed E-state index contributed by atoms with van der Waals surface area (Å²) >= 11 is 0. The highest BCUT2D eigenvalue weighted by Crippen LogP contribution is 2.32. The number of halogens is 1. The molecule has 0 saturated heterocycles. The number of hydrogen-bond acceptors (Lipinski definition) is 2. The molecule has 3 heteroatoms. The summed E-state index contributed by atoms with van der Waals surface area (Å²) in [4.78, 5) is 22.1. The van der Waals surface area contributed by atoms with E-state index in [9.17, 15) is 14.0 Å². The molecule has 1 aliphatic carbocycles. The zero-order chi connectivity index (χ0) is 16.7. The van der Waals surface area contributed by atoms with Gasteiger partial charge in [0.05, 0.1) is 0 Å². The Morgan fingerprint density at radius 3 is 2.27 bits per heavy atom. The van der Waals surface area contributed by atoms with Crippen LogP contribution in [0.3, 0.4) is 0 Å². The lowest BCUT2D eigenvalue weighted by Crippen LogP contribution is -2.22. The van der Waals surface area contributed by atoms with Crippen LogP contribution in [0, 0.1) is 17.7 Å². The zero-order valence-corrected chi connectivity index (χ0v) is 13.7. The van der Waals surface area contributed by atoms with Gasteiger partial charge in [0, 0.05) is 17.9 Å². The van der Waals surface area contributed by atoms with Gasteiger partial charge in [-0.25, -0.2) is 4.39 Å². The largest absolute Gasteiger partial charge is 0.299 e. The van der Waals surface area contributed by atoms with Gasteiger partial charge in [-0.15, -0.1) is 0 Å². The molecule has 1 aromatic rings. The summed E-state index contributed by atoms with van der Waals surface area (Å²) in [5.41, 5.74) is 1.71. The van der Waals surface area contributed by atoms with E-state index in [0.29, 0.717) is 17.8 Å². The maximum Gasteiger partial charge on any atom is 0.159 e. The Balaban J connectivity index is 0.000000224. The Morgan fingerprint density at radius 2 is 1.82 bits per heavy atom. The third-order valence-corrected chi connectivity index (χ3v) is 4.04. The second kappa shape index (κ2) is 8.62. The van der Waals surface area contributed by atoms with Crippen molar-refractivity contribution in [2.45, 2.75) is 46.5 Å². The monoisotopic (exact) mass is 304 g/mol. The summed E-state index contributed by atoms with van der Waals surface area (Å²) < 4.78 is 12.2. The Bertz CT molecular complexity index is 531. The summed E-state index contributed by atoms with van der Waals surface area (Å²) in [7, 11) is 0.